The lowest BCUT2D eigenvalue weighted by atomic mass is 9.94. The molecule has 0 fully saturated rings. The third kappa shape index (κ3) is 28.6. The molecule has 0 aliphatic rings. The lowest BCUT2D eigenvalue weighted by Gasteiger charge is -2.22. The summed E-state index contributed by atoms with van der Waals surface area (Å²) in [6.45, 7) is 14.3. The van der Waals surface area contributed by atoms with Crippen LogP contribution in [0, 0.1) is 12.8 Å². The van der Waals surface area contributed by atoms with Crippen LogP contribution in [-0.2, 0) is 25.6 Å². The minimum absolute atomic E-state index is 0.0208. The van der Waals surface area contributed by atoms with Crippen LogP contribution >= 0.6 is 0 Å². The summed E-state index contributed by atoms with van der Waals surface area (Å²) in [7, 11) is 0. The lowest BCUT2D eigenvalue weighted by Crippen LogP contribution is -2.28. The van der Waals surface area contributed by atoms with E-state index in [0.717, 1.165) is 103 Å². The summed E-state index contributed by atoms with van der Waals surface area (Å²) in [5, 5.41) is 0. The van der Waals surface area contributed by atoms with Crippen LogP contribution in [0.3, 0.4) is 0 Å². The maximum absolute atomic E-state index is 13.0. The molecule has 0 bridgehead atoms. The van der Waals surface area contributed by atoms with Gasteiger partial charge in [0.25, 0.3) is 0 Å². The number of carbonyl (C=O) groups excluding carboxylic acids is 2. The molecule has 1 heterocycles. The van der Waals surface area contributed by atoms with Crippen LogP contribution in [0.5, 0.6) is 0 Å². The fraction of sp³-hybridized carbons (Fsp3) is 0.889. The first-order valence-corrected chi connectivity index (χ1v) is 22.5. The molecule has 304 valence electrons. The van der Waals surface area contributed by atoms with Crippen LogP contribution in [-0.4, -0.2) is 59.2 Å². The third-order valence-corrected chi connectivity index (χ3v) is 10.7. The van der Waals surface area contributed by atoms with Gasteiger partial charge in [0.15, 0.2) is 0 Å². The van der Waals surface area contributed by atoms with Gasteiger partial charge in [-0.2, -0.15) is 0 Å². The Hall–Kier alpha value is -1.89. The first-order valence-electron chi connectivity index (χ1n) is 22.5. The molecule has 7 heteroatoms. The van der Waals surface area contributed by atoms with Gasteiger partial charge in [-0.1, -0.05) is 149 Å². The number of ether oxygens (including phenoxy) is 2. The molecule has 0 spiro atoms. The highest BCUT2D eigenvalue weighted by molar-refractivity contribution is 5.72. The Labute approximate surface area is 322 Å². The zero-order valence-electron chi connectivity index (χ0n) is 35.0. The van der Waals surface area contributed by atoms with Gasteiger partial charge >= 0.3 is 11.9 Å². The molecule has 0 amide bonds. The smallest absolute Gasteiger partial charge is 0.308 e. The third-order valence-electron chi connectivity index (χ3n) is 10.7. The van der Waals surface area contributed by atoms with Gasteiger partial charge in [0, 0.05) is 25.4 Å². The maximum Gasteiger partial charge on any atom is 0.308 e. The first kappa shape index (κ1) is 48.1. The second-order valence-electron chi connectivity index (χ2n) is 15.6. The minimum atomic E-state index is -0.0208. The second-order valence-corrected chi connectivity index (χ2v) is 15.6. The fourth-order valence-electron chi connectivity index (χ4n) is 7.17. The number of imidazole rings is 1. The van der Waals surface area contributed by atoms with E-state index in [-0.39, 0.29) is 17.9 Å². The maximum atomic E-state index is 13.0. The average molecular weight is 732 g/mol. The molecule has 0 saturated heterocycles. The van der Waals surface area contributed by atoms with E-state index >= 15 is 0 Å². The number of aryl methyl sites for hydroxylation is 2. The predicted octanol–water partition coefficient (Wildman–Crippen LogP) is 12.6. The van der Waals surface area contributed by atoms with Crippen LogP contribution in [0.25, 0.3) is 0 Å². The molecule has 0 aliphatic carbocycles. The Bertz CT molecular complexity index is 935. The standard InChI is InChI=1S/C45H85N3O4/c1-5-8-11-14-16-21-28-40-51-44(49)33-25-18-19-26-35-47(37-30-38-48-39-34-46-42(48)4)36-27-20-22-29-41-52-45(50)43(31-23-13-10-7-3)32-24-17-15-12-9-6-2/h34,39,43H,5-33,35-38,40-41H2,1-4H3. The molecule has 0 N–H and O–H groups in total. The number of hydrogen-bond acceptors (Lipinski definition) is 6. The van der Waals surface area contributed by atoms with Gasteiger partial charge < -0.3 is 18.9 Å². The molecular weight excluding hydrogens is 647 g/mol. The molecule has 1 atom stereocenters. The van der Waals surface area contributed by atoms with E-state index in [4.69, 9.17) is 9.47 Å². The van der Waals surface area contributed by atoms with Crippen LogP contribution < -0.4 is 0 Å². The zero-order valence-corrected chi connectivity index (χ0v) is 35.0. The van der Waals surface area contributed by atoms with Crippen LogP contribution in [0.1, 0.15) is 213 Å². The Kier molecular flexibility index (Phi) is 33.4. The normalized spacial score (nSPS) is 12.1. The van der Waals surface area contributed by atoms with E-state index in [1.54, 1.807) is 0 Å². The number of aromatic nitrogens is 2. The summed E-state index contributed by atoms with van der Waals surface area (Å²) in [6, 6.07) is 0. The van der Waals surface area contributed by atoms with Crippen molar-refractivity contribution < 1.29 is 19.1 Å². The zero-order chi connectivity index (χ0) is 37.7. The summed E-state index contributed by atoms with van der Waals surface area (Å²) in [4.78, 5) is 32.2. The Balaban J connectivity index is 2.29. The van der Waals surface area contributed by atoms with Crippen LogP contribution in [0.2, 0.25) is 0 Å². The van der Waals surface area contributed by atoms with Crippen molar-refractivity contribution in [1.82, 2.24) is 14.5 Å². The highest BCUT2D eigenvalue weighted by atomic mass is 16.5. The Morgan fingerprint density at radius 3 is 1.62 bits per heavy atom. The summed E-state index contributed by atoms with van der Waals surface area (Å²) in [5.41, 5.74) is 0. The van der Waals surface area contributed by atoms with Gasteiger partial charge in [-0.05, 0) is 77.9 Å². The van der Waals surface area contributed by atoms with Crippen molar-refractivity contribution in [1.29, 1.82) is 0 Å². The van der Waals surface area contributed by atoms with E-state index in [1.807, 2.05) is 6.20 Å². The van der Waals surface area contributed by atoms with Crippen LogP contribution in [0.15, 0.2) is 12.4 Å². The van der Waals surface area contributed by atoms with Crippen molar-refractivity contribution in [2.45, 2.75) is 220 Å². The van der Waals surface area contributed by atoms with Gasteiger partial charge in [-0.15, -0.1) is 0 Å². The summed E-state index contributed by atoms with van der Waals surface area (Å²) >= 11 is 0. The van der Waals surface area contributed by atoms with E-state index < -0.39 is 0 Å². The topological polar surface area (TPSA) is 73.7 Å². The predicted molar refractivity (Wildman–Crippen MR) is 220 cm³/mol. The second kappa shape index (κ2) is 36.1. The van der Waals surface area contributed by atoms with Crippen molar-refractivity contribution in [3.8, 4) is 0 Å². The highest BCUT2D eigenvalue weighted by Gasteiger charge is 2.19. The number of hydrogen-bond donors (Lipinski definition) is 0. The van der Waals surface area contributed by atoms with Crippen molar-refractivity contribution in [2.75, 3.05) is 32.8 Å². The molecule has 1 rings (SSSR count). The molecule has 0 aromatic carbocycles. The van der Waals surface area contributed by atoms with Crippen LogP contribution in [0.4, 0.5) is 0 Å². The average Bonchev–Trinajstić information content (AvgIpc) is 3.56. The molecule has 1 aromatic heterocycles. The van der Waals surface area contributed by atoms with Gasteiger partial charge in [0.1, 0.15) is 5.82 Å². The lowest BCUT2D eigenvalue weighted by molar-refractivity contribution is -0.149. The molecular formula is C45H85N3O4. The van der Waals surface area contributed by atoms with Gasteiger partial charge in [0.05, 0.1) is 19.1 Å². The molecule has 1 unspecified atom stereocenters. The number of rotatable bonds is 39. The monoisotopic (exact) mass is 732 g/mol. The Morgan fingerprint density at radius 1 is 0.596 bits per heavy atom. The van der Waals surface area contributed by atoms with Crippen molar-refractivity contribution in [2.24, 2.45) is 5.92 Å². The first-order chi connectivity index (χ1) is 25.5. The minimum Gasteiger partial charge on any atom is -0.466 e. The summed E-state index contributed by atoms with van der Waals surface area (Å²) in [6.07, 6.45) is 37.6. The molecule has 1 aromatic rings. The highest BCUT2D eigenvalue weighted by Crippen LogP contribution is 2.21. The van der Waals surface area contributed by atoms with Crippen molar-refractivity contribution in [3.05, 3.63) is 18.2 Å². The molecule has 52 heavy (non-hydrogen) atoms. The van der Waals surface area contributed by atoms with Gasteiger partial charge in [-0.3, -0.25) is 9.59 Å². The number of carbonyl (C=O) groups is 2. The van der Waals surface area contributed by atoms with Crippen molar-refractivity contribution in [3.63, 3.8) is 0 Å². The summed E-state index contributed by atoms with van der Waals surface area (Å²) in [5.74, 6) is 1.21. The van der Waals surface area contributed by atoms with E-state index in [1.165, 1.54) is 109 Å². The largest absolute Gasteiger partial charge is 0.466 e. The van der Waals surface area contributed by atoms with E-state index in [2.05, 4.69) is 48.3 Å². The molecule has 0 saturated carbocycles. The number of unbranched alkanes of at least 4 members (excludes halogenated alkanes) is 20. The number of nitrogens with zero attached hydrogens (tertiary/aromatic N) is 3. The quantitative estimate of drug-likeness (QED) is 0.0496. The van der Waals surface area contributed by atoms with Gasteiger partial charge in [0.2, 0.25) is 0 Å². The molecule has 7 nitrogen and oxygen atoms in total. The van der Waals surface area contributed by atoms with Crippen molar-refractivity contribution >= 4 is 11.9 Å². The van der Waals surface area contributed by atoms with Gasteiger partial charge in [-0.25, -0.2) is 4.98 Å². The molecule has 0 aliphatic heterocycles. The fourth-order valence-corrected chi connectivity index (χ4v) is 7.17. The number of esters is 2. The van der Waals surface area contributed by atoms with E-state index in [9.17, 15) is 9.59 Å². The summed E-state index contributed by atoms with van der Waals surface area (Å²) < 4.78 is 13.6. The van der Waals surface area contributed by atoms with E-state index in [0.29, 0.717) is 19.6 Å². The molecule has 0 radical (unpaired) electrons. The SMILES string of the molecule is CCCCCCCCCOC(=O)CCCCCCN(CCCCCCOC(=O)C(CCCCCC)CCCCCCCC)CCCn1ccnc1C. The Morgan fingerprint density at radius 2 is 1.06 bits per heavy atom.